The molecule has 0 unspecified atom stereocenters. The van der Waals surface area contributed by atoms with Gasteiger partial charge >= 0.3 is 5.69 Å². The van der Waals surface area contributed by atoms with Crippen LogP contribution >= 0.6 is 0 Å². The number of carbonyl (C=O) groups is 3. The van der Waals surface area contributed by atoms with E-state index >= 15 is 0 Å². The van der Waals surface area contributed by atoms with Crippen LogP contribution in [0, 0.1) is 10.1 Å². The van der Waals surface area contributed by atoms with E-state index in [0.717, 1.165) is 6.07 Å². The molecule has 2 aromatic carbocycles. The Hall–Kier alpha value is -3.95. The summed E-state index contributed by atoms with van der Waals surface area (Å²) in [6, 6.07) is 10.0. The second-order valence-corrected chi connectivity index (χ2v) is 5.53. The number of nitrogens with zero attached hydrogens (tertiary/aromatic N) is 1. The molecule has 0 spiro atoms. The number of amides is 3. The zero-order chi connectivity index (χ0) is 20.7. The molecule has 0 heterocycles. The topological polar surface area (TPSA) is 140 Å². The fourth-order valence-corrected chi connectivity index (χ4v) is 2.32. The SMILES string of the molecule is CNC(=O)c1cccc(NC(=O)CNC(=O)c2ccc(OC)c([N+](=O)[O-])c2)c1. The van der Waals surface area contributed by atoms with Gasteiger partial charge in [-0.05, 0) is 30.3 Å². The molecule has 0 saturated heterocycles. The summed E-state index contributed by atoms with van der Waals surface area (Å²) >= 11 is 0. The average molecular weight is 386 g/mol. The molecule has 0 aliphatic carbocycles. The van der Waals surface area contributed by atoms with Gasteiger partial charge in [-0.15, -0.1) is 0 Å². The minimum atomic E-state index is -0.665. The van der Waals surface area contributed by atoms with Crippen molar-refractivity contribution in [3.05, 3.63) is 63.7 Å². The molecule has 0 aliphatic heterocycles. The Morgan fingerprint density at radius 2 is 1.79 bits per heavy atom. The minimum absolute atomic E-state index is 0.0157. The molecular formula is C18H18N4O6. The Labute approximate surface area is 160 Å². The van der Waals surface area contributed by atoms with E-state index < -0.39 is 16.7 Å². The number of nitro benzene ring substituents is 1. The minimum Gasteiger partial charge on any atom is -0.490 e. The number of benzene rings is 2. The predicted octanol–water partition coefficient (Wildman–Crippen LogP) is 1.33. The quantitative estimate of drug-likeness (QED) is 0.484. The average Bonchev–Trinajstić information content (AvgIpc) is 2.70. The van der Waals surface area contributed by atoms with Crippen LogP contribution in [0.5, 0.6) is 5.75 Å². The van der Waals surface area contributed by atoms with Crippen molar-refractivity contribution < 1.29 is 24.0 Å². The number of ether oxygens (including phenoxy) is 1. The van der Waals surface area contributed by atoms with Gasteiger partial charge in [-0.25, -0.2) is 0 Å². The van der Waals surface area contributed by atoms with Crippen LogP contribution in [0.1, 0.15) is 20.7 Å². The lowest BCUT2D eigenvalue weighted by Crippen LogP contribution is -2.33. The summed E-state index contributed by atoms with van der Waals surface area (Å²) in [6.07, 6.45) is 0. The number of hydrogen-bond donors (Lipinski definition) is 3. The van der Waals surface area contributed by atoms with Gasteiger partial charge in [0.1, 0.15) is 0 Å². The molecule has 0 aromatic heterocycles. The largest absolute Gasteiger partial charge is 0.490 e. The van der Waals surface area contributed by atoms with E-state index in [0.29, 0.717) is 11.3 Å². The van der Waals surface area contributed by atoms with Gasteiger partial charge in [0.05, 0.1) is 18.6 Å². The molecule has 28 heavy (non-hydrogen) atoms. The summed E-state index contributed by atoms with van der Waals surface area (Å²) in [6.45, 7) is -0.358. The lowest BCUT2D eigenvalue weighted by atomic mass is 10.1. The number of anilines is 1. The molecule has 0 saturated carbocycles. The second-order valence-electron chi connectivity index (χ2n) is 5.53. The molecule has 10 heteroatoms. The lowest BCUT2D eigenvalue weighted by molar-refractivity contribution is -0.385. The molecule has 3 amide bonds. The van der Waals surface area contributed by atoms with Gasteiger partial charge in [-0.1, -0.05) is 6.07 Å². The molecule has 0 fully saturated rings. The number of nitro groups is 1. The number of carbonyl (C=O) groups excluding carboxylic acids is 3. The monoisotopic (exact) mass is 386 g/mol. The molecule has 10 nitrogen and oxygen atoms in total. The first kappa shape index (κ1) is 20.4. The zero-order valence-corrected chi connectivity index (χ0v) is 15.1. The third-order valence-corrected chi connectivity index (χ3v) is 3.68. The van der Waals surface area contributed by atoms with Gasteiger partial charge in [0, 0.05) is 29.9 Å². The fraction of sp³-hybridized carbons (Fsp3) is 0.167. The molecule has 146 valence electrons. The van der Waals surface area contributed by atoms with Gasteiger partial charge in [-0.3, -0.25) is 24.5 Å². The van der Waals surface area contributed by atoms with E-state index in [1.54, 1.807) is 18.2 Å². The number of nitrogens with one attached hydrogen (secondary N) is 3. The van der Waals surface area contributed by atoms with E-state index in [1.807, 2.05) is 0 Å². The van der Waals surface area contributed by atoms with Crippen molar-refractivity contribution in [1.82, 2.24) is 10.6 Å². The van der Waals surface area contributed by atoms with Crippen LogP contribution in [-0.2, 0) is 4.79 Å². The highest BCUT2D eigenvalue weighted by atomic mass is 16.6. The third-order valence-electron chi connectivity index (χ3n) is 3.68. The van der Waals surface area contributed by atoms with Crippen molar-refractivity contribution in [2.45, 2.75) is 0 Å². The van der Waals surface area contributed by atoms with Crippen LogP contribution < -0.4 is 20.7 Å². The summed E-state index contributed by atoms with van der Waals surface area (Å²) in [4.78, 5) is 46.1. The Morgan fingerprint density at radius 1 is 1.07 bits per heavy atom. The van der Waals surface area contributed by atoms with Gasteiger partial charge in [0.15, 0.2) is 5.75 Å². The number of methoxy groups -OCH3 is 1. The normalized spacial score (nSPS) is 9.93. The Balaban J connectivity index is 1.99. The second kappa shape index (κ2) is 9.12. The highest BCUT2D eigenvalue weighted by molar-refractivity contribution is 6.00. The van der Waals surface area contributed by atoms with Crippen molar-refractivity contribution in [3.63, 3.8) is 0 Å². The maximum Gasteiger partial charge on any atom is 0.311 e. The van der Waals surface area contributed by atoms with Crippen LogP contribution in [0.25, 0.3) is 0 Å². The molecule has 0 bridgehead atoms. The van der Waals surface area contributed by atoms with Crippen molar-refractivity contribution in [3.8, 4) is 5.75 Å². The third kappa shape index (κ3) is 5.04. The van der Waals surface area contributed by atoms with E-state index in [2.05, 4.69) is 16.0 Å². The summed E-state index contributed by atoms with van der Waals surface area (Å²) < 4.78 is 4.87. The van der Waals surface area contributed by atoms with Crippen molar-refractivity contribution in [2.24, 2.45) is 0 Å². The van der Waals surface area contributed by atoms with Crippen LogP contribution in [0.2, 0.25) is 0 Å². The van der Waals surface area contributed by atoms with E-state index in [1.165, 1.54) is 32.4 Å². The first-order chi connectivity index (χ1) is 13.3. The van der Waals surface area contributed by atoms with Gasteiger partial charge in [-0.2, -0.15) is 0 Å². The number of hydrogen-bond acceptors (Lipinski definition) is 6. The van der Waals surface area contributed by atoms with Crippen molar-refractivity contribution in [1.29, 1.82) is 0 Å². The van der Waals surface area contributed by atoms with Crippen LogP contribution in [0.3, 0.4) is 0 Å². The van der Waals surface area contributed by atoms with Gasteiger partial charge in [0.2, 0.25) is 5.91 Å². The maximum absolute atomic E-state index is 12.2. The molecular weight excluding hydrogens is 368 g/mol. The molecule has 2 rings (SSSR count). The molecule has 0 aliphatic rings. The van der Waals surface area contributed by atoms with Crippen molar-refractivity contribution >= 4 is 29.1 Å². The van der Waals surface area contributed by atoms with Crippen molar-refractivity contribution in [2.75, 3.05) is 26.0 Å². The summed E-state index contributed by atoms with van der Waals surface area (Å²) in [5, 5.41) is 18.4. The predicted molar refractivity (Wildman–Crippen MR) is 100 cm³/mol. The van der Waals surface area contributed by atoms with Crippen LogP contribution in [-0.4, -0.2) is 43.3 Å². The first-order valence-electron chi connectivity index (χ1n) is 8.08. The van der Waals surface area contributed by atoms with E-state index in [4.69, 9.17) is 4.74 Å². The number of rotatable bonds is 7. The van der Waals surface area contributed by atoms with Gasteiger partial charge in [0.25, 0.3) is 11.8 Å². The Morgan fingerprint density at radius 3 is 2.43 bits per heavy atom. The standard InChI is InChI=1S/C18H18N4O6/c1-19-17(24)11-4-3-5-13(8-11)21-16(23)10-20-18(25)12-6-7-15(28-2)14(9-12)22(26)27/h3-9H,10H2,1-2H3,(H,19,24)(H,20,25)(H,21,23). The van der Waals surface area contributed by atoms with E-state index in [-0.39, 0.29) is 29.5 Å². The molecule has 3 N–H and O–H groups in total. The Bertz CT molecular complexity index is 928. The summed E-state index contributed by atoms with van der Waals surface area (Å²) in [7, 11) is 2.78. The molecule has 2 aromatic rings. The summed E-state index contributed by atoms with van der Waals surface area (Å²) in [5.41, 5.74) is 0.419. The first-order valence-corrected chi connectivity index (χ1v) is 8.08. The highest BCUT2D eigenvalue weighted by Crippen LogP contribution is 2.27. The van der Waals surface area contributed by atoms with Gasteiger partial charge < -0.3 is 20.7 Å². The Kier molecular flexibility index (Phi) is 6.63. The maximum atomic E-state index is 12.2. The summed E-state index contributed by atoms with van der Waals surface area (Å²) in [5.74, 6) is -1.45. The molecule has 0 radical (unpaired) electrons. The highest BCUT2D eigenvalue weighted by Gasteiger charge is 2.18. The fourth-order valence-electron chi connectivity index (χ4n) is 2.32. The molecule has 0 atom stereocenters. The van der Waals surface area contributed by atoms with Crippen LogP contribution in [0.15, 0.2) is 42.5 Å². The zero-order valence-electron chi connectivity index (χ0n) is 15.1. The smallest absolute Gasteiger partial charge is 0.311 e. The van der Waals surface area contributed by atoms with Crippen LogP contribution in [0.4, 0.5) is 11.4 Å². The lowest BCUT2D eigenvalue weighted by Gasteiger charge is -2.09. The van der Waals surface area contributed by atoms with E-state index in [9.17, 15) is 24.5 Å².